The predicted octanol–water partition coefficient (Wildman–Crippen LogP) is 2.39. The Hall–Kier alpha value is -2.53. The molecule has 0 aromatic heterocycles. The minimum Gasteiger partial charge on any atom is -0.454 e. The molecule has 2 N–H and O–H groups in total. The number of rotatable bonds is 3. The molecule has 2 heterocycles. The van der Waals surface area contributed by atoms with Crippen LogP contribution in [0.15, 0.2) is 42.5 Å². The molecule has 0 radical (unpaired) electrons. The van der Waals surface area contributed by atoms with E-state index in [1.165, 1.54) is 5.56 Å². The van der Waals surface area contributed by atoms with Gasteiger partial charge in [0, 0.05) is 11.8 Å². The summed E-state index contributed by atoms with van der Waals surface area (Å²) in [6, 6.07) is 13.1. The van der Waals surface area contributed by atoms with Gasteiger partial charge >= 0.3 is 0 Å². The highest BCUT2D eigenvalue weighted by atomic mass is 16.7. The van der Waals surface area contributed by atoms with Gasteiger partial charge in [0.15, 0.2) is 11.5 Å². The van der Waals surface area contributed by atoms with Gasteiger partial charge in [-0.1, -0.05) is 31.2 Å². The number of benzene rings is 2. The van der Waals surface area contributed by atoms with Gasteiger partial charge < -0.3 is 20.1 Å². The molecule has 118 valence electrons. The summed E-state index contributed by atoms with van der Waals surface area (Å²) in [6.07, 6.45) is 0.988. The highest BCUT2D eigenvalue weighted by molar-refractivity contribution is 6.05. The van der Waals surface area contributed by atoms with E-state index in [1.54, 1.807) is 4.90 Å². The van der Waals surface area contributed by atoms with E-state index in [0.717, 1.165) is 17.7 Å². The fourth-order valence-corrected chi connectivity index (χ4v) is 3.14. The zero-order valence-electron chi connectivity index (χ0n) is 12.9. The minimum absolute atomic E-state index is 0.0755. The van der Waals surface area contributed by atoms with Crippen LogP contribution in [0.2, 0.25) is 0 Å². The third-order valence-electron chi connectivity index (χ3n) is 4.50. The third kappa shape index (κ3) is 2.16. The summed E-state index contributed by atoms with van der Waals surface area (Å²) in [7, 11) is 0. The first-order valence-corrected chi connectivity index (χ1v) is 7.76. The molecular formula is C18H18N2O3. The van der Waals surface area contributed by atoms with Crippen molar-refractivity contribution in [2.75, 3.05) is 11.7 Å². The fourth-order valence-electron chi connectivity index (χ4n) is 3.14. The molecular weight excluding hydrogens is 292 g/mol. The van der Waals surface area contributed by atoms with Gasteiger partial charge in [0.25, 0.3) is 0 Å². The van der Waals surface area contributed by atoms with E-state index in [4.69, 9.17) is 15.2 Å². The highest BCUT2D eigenvalue weighted by Gasteiger charge is 2.46. The Morgan fingerprint density at radius 3 is 2.61 bits per heavy atom. The lowest BCUT2D eigenvalue weighted by Crippen LogP contribution is -2.63. The fraction of sp³-hybridized carbons (Fsp3) is 0.278. The quantitative estimate of drug-likeness (QED) is 0.884. The summed E-state index contributed by atoms with van der Waals surface area (Å²) in [6.45, 7) is 2.33. The summed E-state index contributed by atoms with van der Waals surface area (Å²) < 4.78 is 10.7. The van der Waals surface area contributed by atoms with Crippen LogP contribution in [0.3, 0.4) is 0 Å². The minimum atomic E-state index is -0.507. The number of ether oxygens (including phenoxy) is 2. The van der Waals surface area contributed by atoms with Gasteiger partial charge in [0.2, 0.25) is 12.7 Å². The van der Waals surface area contributed by atoms with Gasteiger partial charge in [-0.2, -0.15) is 0 Å². The summed E-state index contributed by atoms with van der Waals surface area (Å²) in [5, 5.41) is 0. The topological polar surface area (TPSA) is 64.8 Å². The summed E-state index contributed by atoms with van der Waals surface area (Å²) >= 11 is 0. The van der Waals surface area contributed by atoms with Crippen molar-refractivity contribution >= 4 is 11.6 Å². The van der Waals surface area contributed by atoms with Crippen molar-refractivity contribution in [1.82, 2.24) is 0 Å². The Morgan fingerprint density at radius 2 is 1.87 bits per heavy atom. The Kier molecular flexibility index (Phi) is 3.23. The smallest absolute Gasteiger partial charge is 0.247 e. The molecule has 2 aromatic rings. The average Bonchev–Trinajstić information content (AvgIpc) is 3.06. The number of anilines is 1. The second-order valence-corrected chi connectivity index (χ2v) is 5.81. The molecule has 0 saturated carbocycles. The number of fused-ring (bicyclic) bond motifs is 1. The predicted molar refractivity (Wildman–Crippen MR) is 86.6 cm³/mol. The molecule has 1 amide bonds. The number of nitrogens with zero attached hydrogens (tertiary/aromatic N) is 1. The zero-order valence-corrected chi connectivity index (χ0v) is 12.9. The molecule has 2 aliphatic heterocycles. The van der Waals surface area contributed by atoms with E-state index in [0.29, 0.717) is 11.5 Å². The maximum atomic E-state index is 12.3. The molecule has 0 unspecified atom stereocenters. The van der Waals surface area contributed by atoms with Crippen molar-refractivity contribution in [2.24, 2.45) is 5.73 Å². The van der Waals surface area contributed by atoms with Crippen LogP contribution in [0.25, 0.3) is 0 Å². The van der Waals surface area contributed by atoms with Crippen molar-refractivity contribution in [2.45, 2.75) is 25.4 Å². The van der Waals surface area contributed by atoms with Gasteiger partial charge in [-0.25, -0.2) is 0 Å². The van der Waals surface area contributed by atoms with E-state index >= 15 is 0 Å². The van der Waals surface area contributed by atoms with E-state index in [-0.39, 0.29) is 18.7 Å². The first-order chi connectivity index (χ1) is 11.2. The average molecular weight is 310 g/mol. The zero-order chi connectivity index (χ0) is 16.0. The molecule has 1 fully saturated rings. The second kappa shape index (κ2) is 5.28. The number of carbonyl (C=O) groups excluding carboxylic acids is 1. The lowest BCUT2D eigenvalue weighted by Gasteiger charge is -2.45. The van der Waals surface area contributed by atoms with Crippen molar-refractivity contribution in [1.29, 1.82) is 0 Å². The number of hydrogen-bond acceptors (Lipinski definition) is 4. The Balaban J connectivity index is 1.67. The first-order valence-electron chi connectivity index (χ1n) is 7.76. The summed E-state index contributed by atoms with van der Waals surface area (Å²) in [5.41, 5.74) is 9.16. The van der Waals surface area contributed by atoms with Crippen molar-refractivity contribution in [3.05, 3.63) is 53.6 Å². The Morgan fingerprint density at radius 1 is 1.13 bits per heavy atom. The van der Waals surface area contributed by atoms with Crippen LogP contribution < -0.4 is 20.1 Å². The SMILES string of the molecule is CCc1ccc([C@H]2[C@@H](N)C(=O)N2c2ccc3c(c2)OCO3)cc1. The van der Waals surface area contributed by atoms with Crippen molar-refractivity contribution in [3.8, 4) is 11.5 Å². The molecule has 2 aliphatic rings. The molecule has 23 heavy (non-hydrogen) atoms. The van der Waals surface area contributed by atoms with Crippen LogP contribution in [0, 0.1) is 0 Å². The number of hydrogen-bond donors (Lipinski definition) is 1. The van der Waals surface area contributed by atoms with Gasteiger partial charge in [-0.15, -0.1) is 0 Å². The van der Waals surface area contributed by atoms with Gasteiger partial charge in [-0.05, 0) is 29.7 Å². The van der Waals surface area contributed by atoms with Crippen LogP contribution in [0.4, 0.5) is 5.69 Å². The molecule has 4 rings (SSSR count). The normalized spacial score (nSPS) is 22.2. The van der Waals surface area contributed by atoms with Crippen LogP contribution in [0.5, 0.6) is 11.5 Å². The van der Waals surface area contributed by atoms with Crippen LogP contribution >= 0.6 is 0 Å². The second-order valence-electron chi connectivity index (χ2n) is 5.81. The van der Waals surface area contributed by atoms with E-state index in [1.807, 2.05) is 18.2 Å². The standard InChI is InChI=1S/C18H18N2O3/c1-2-11-3-5-12(6-4-11)17-16(19)18(21)20(17)13-7-8-14-15(9-13)23-10-22-14/h3-9,16-17H,2,10,19H2,1H3/t16-,17+/m1/s1. The maximum absolute atomic E-state index is 12.3. The van der Waals surface area contributed by atoms with Crippen molar-refractivity contribution < 1.29 is 14.3 Å². The van der Waals surface area contributed by atoms with E-state index < -0.39 is 6.04 Å². The third-order valence-corrected chi connectivity index (χ3v) is 4.50. The highest BCUT2D eigenvalue weighted by Crippen LogP contribution is 2.42. The number of carbonyl (C=O) groups is 1. The van der Waals surface area contributed by atoms with Crippen LogP contribution in [-0.2, 0) is 11.2 Å². The largest absolute Gasteiger partial charge is 0.454 e. The molecule has 2 atom stereocenters. The van der Waals surface area contributed by atoms with Crippen molar-refractivity contribution in [3.63, 3.8) is 0 Å². The Labute approximate surface area is 134 Å². The monoisotopic (exact) mass is 310 g/mol. The van der Waals surface area contributed by atoms with Gasteiger partial charge in [0.05, 0.1) is 6.04 Å². The summed E-state index contributed by atoms with van der Waals surface area (Å²) in [5.74, 6) is 1.29. The number of nitrogens with two attached hydrogens (primary N) is 1. The van der Waals surface area contributed by atoms with Gasteiger partial charge in [-0.3, -0.25) is 4.79 Å². The molecule has 5 nitrogen and oxygen atoms in total. The molecule has 5 heteroatoms. The van der Waals surface area contributed by atoms with E-state index in [9.17, 15) is 4.79 Å². The number of β-lactam (4-membered cyclic amide) rings is 1. The number of amides is 1. The molecule has 2 aromatic carbocycles. The molecule has 0 spiro atoms. The molecule has 1 saturated heterocycles. The van der Waals surface area contributed by atoms with E-state index in [2.05, 4.69) is 31.2 Å². The maximum Gasteiger partial charge on any atom is 0.247 e. The summed E-state index contributed by atoms with van der Waals surface area (Å²) in [4.78, 5) is 14.0. The molecule has 0 aliphatic carbocycles. The first kappa shape index (κ1) is 14.1. The van der Waals surface area contributed by atoms with Gasteiger partial charge in [0.1, 0.15) is 6.04 Å². The number of aryl methyl sites for hydroxylation is 1. The molecule has 0 bridgehead atoms. The lowest BCUT2D eigenvalue weighted by molar-refractivity contribution is -0.126. The van der Waals surface area contributed by atoms with Crippen LogP contribution in [0.1, 0.15) is 24.1 Å². The Bertz CT molecular complexity index is 757. The lowest BCUT2D eigenvalue weighted by atomic mass is 9.88. The van der Waals surface area contributed by atoms with Crippen LogP contribution in [-0.4, -0.2) is 18.7 Å².